The maximum Gasteiger partial charge on any atom is 0.164 e. The van der Waals surface area contributed by atoms with E-state index in [0.29, 0.717) is 17.5 Å². The molecule has 11 aromatic rings. The van der Waals surface area contributed by atoms with Gasteiger partial charge in [0.15, 0.2) is 17.5 Å². The maximum atomic E-state index is 6.58. The van der Waals surface area contributed by atoms with Crippen LogP contribution in [0.1, 0.15) is 0 Å². The van der Waals surface area contributed by atoms with Crippen LogP contribution >= 0.6 is 11.3 Å². The molecule has 8 aromatic carbocycles. The number of nitrogens with zero attached hydrogens (tertiary/aromatic N) is 3. The zero-order chi connectivity index (χ0) is 35.6. The quantitative estimate of drug-likeness (QED) is 0.179. The van der Waals surface area contributed by atoms with Crippen molar-refractivity contribution in [3.8, 4) is 56.4 Å². The van der Waals surface area contributed by atoms with Crippen LogP contribution in [0, 0.1) is 0 Å². The monoisotopic (exact) mass is 707 g/mol. The summed E-state index contributed by atoms with van der Waals surface area (Å²) in [5, 5.41) is 7.12. The molecular weight excluding hydrogens is 679 g/mol. The lowest BCUT2D eigenvalue weighted by Gasteiger charge is -2.10. The molecule has 0 bridgehead atoms. The Labute approximate surface area is 314 Å². The van der Waals surface area contributed by atoms with Crippen LogP contribution in [0.15, 0.2) is 180 Å². The third kappa shape index (κ3) is 5.09. The summed E-state index contributed by atoms with van der Waals surface area (Å²) < 4.78 is 9.17. The van der Waals surface area contributed by atoms with Crippen LogP contribution in [0.5, 0.6) is 0 Å². The molecule has 0 aliphatic rings. The third-order valence-electron chi connectivity index (χ3n) is 10.3. The largest absolute Gasteiger partial charge is 0.456 e. The number of aromatic nitrogens is 3. The molecule has 0 aliphatic heterocycles. The van der Waals surface area contributed by atoms with Crippen molar-refractivity contribution in [2.45, 2.75) is 0 Å². The predicted molar refractivity (Wildman–Crippen MR) is 225 cm³/mol. The highest BCUT2D eigenvalue weighted by atomic mass is 32.1. The lowest BCUT2D eigenvalue weighted by atomic mass is 9.93. The Kier molecular flexibility index (Phi) is 7.00. The molecule has 0 N–H and O–H groups in total. The van der Waals surface area contributed by atoms with E-state index in [1.807, 2.05) is 59.9 Å². The highest BCUT2D eigenvalue weighted by Gasteiger charge is 2.18. The minimum Gasteiger partial charge on any atom is -0.456 e. The summed E-state index contributed by atoms with van der Waals surface area (Å²) in [5.41, 5.74) is 9.13. The first-order chi connectivity index (χ1) is 26.7. The number of rotatable bonds is 5. The second-order valence-corrected chi connectivity index (χ2v) is 14.7. The molecule has 0 aliphatic carbocycles. The molecule has 0 unspecified atom stereocenters. The van der Waals surface area contributed by atoms with Crippen molar-refractivity contribution in [1.82, 2.24) is 15.0 Å². The van der Waals surface area contributed by atoms with Gasteiger partial charge in [-0.15, -0.1) is 11.3 Å². The van der Waals surface area contributed by atoms with E-state index in [1.54, 1.807) is 0 Å². The topological polar surface area (TPSA) is 51.8 Å². The van der Waals surface area contributed by atoms with E-state index in [2.05, 4.69) is 127 Å². The fourth-order valence-electron chi connectivity index (χ4n) is 7.71. The Morgan fingerprint density at radius 2 is 0.926 bits per heavy atom. The summed E-state index contributed by atoms with van der Waals surface area (Å²) in [6, 6.07) is 61.5. The van der Waals surface area contributed by atoms with Crippen LogP contribution in [0.25, 0.3) is 109 Å². The average Bonchev–Trinajstić information content (AvgIpc) is 3.80. The van der Waals surface area contributed by atoms with Gasteiger partial charge < -0.3 is 4.42 Å². The molecule has 0 saturated heterocycles. The number of thiophene rings is 1. The van der Waals surface area contributed by atoms with Crippen LogP contribution in [0.4, 0.5) is 0 Å². The SMILES string of the molecule is c1ccc(-c2ccc(-c3nc(-c4ccccc4)nc(-c4ccc5oc6cc(-c7c8ccccc8cc8sc9ccccc9c78)ccc6c5c4)n3)cc2)cc1. The van der Waals surface area contributed by atoms with Gasteiger partial charge in [0.1, 0.15) is 11.2 Å². The van der Waals surface area contributed by atoms with Gasteiger partial charge in [-0.3, -0.25) is 0 Å². The Morgan fingerprint density at radius 1 is 0.352 bits per heavy atom. The smallest absolute Gasteiger partial charge is 0.164 e. The molecular formula is C49H29N3OS. The van der Waals surface area contributed by atoms with Crippen LogP contribution < -0.4 is 0 Å². The van der Waals surface area contributed by atoms with Crippen molar-refractivity contribution in [3.05, 3.63) is 176 Å². The first kappa shape index (κ1) is 30.7. The Balaban J connectivity index is 1.05. The van der Waals surface area contributed by atoms with Gasteiger partial charge in [-0.2, -0.15) is 0 Å². The van der Waals surface area contributed by atoms with Crippen molar-refractivity contribution in [2.24, 2.45) is 0 Å². The van der Waals surface area contributed by atoms with Crippen LogP contribution in [0.3, 0.4) is 0 Å². The maximum absolute atomic E-state index is 6.58. The lowest BCUT2D eigenvalue weighted by Crippen LogP contribution is -2.00. The summed E-state index contributed by atoms with van der Waals surface area (Å²) >= 11 is 1.85. The minimum atomic E-state index is 0.612. The molecule has 3 heterocycles. The molecule has 0 atom stereocenters. The van der Waals surface area contributed by atoms with E-state index < -0.39 is 0 Å². The Bertz CT molecular complexity index is 3200. The molecule has 0 amide bonds. The average molecular weight is 708 g/mol. The van der Waals surface area contributed by atoms with E-state index in [-0.39, 0.29) is 0 Å². The summed E-state index contributed by atoms with van der Waals surface area (Å²) in [7, 11) is 0. The van der Waals surface area contributed by atoms with Gasteiger partial charge in [-0.1, -0.05) is 133 Å². The number of hydrogen-bond acceptors (Lipinski definition) is 5. The fourth-order valence-corrected chi connectivity index (χ4v) is 8.88. The van der Waals surface area contributed by atoms with Gasteiger partial charge in [-0.25, -0.2) is 15.0 Å². The zero-order valence-electron chi connectivity index (χ0n) is 28.9. The van der Waals surface area contributed by atoms with Crippen molar-refractivity contribution < 1.29 is 4.42 Å². The van der Waals surface area contributed by atoms with Crippen LogP contribution in [0.2, 0.25) is 0 Å². The van der Waals surface area contributed by atoms with Gasteiger partial charge in [0.2, 0.25) is 0 Å². The summed E-state index contributed by atoms with van der Waals surface area (Å²) in [5.74, 6) is 1.87. The molecule has 0 spiro atoms. The predicted octanol–water partition coefficient (Wildman–Crippen LogP) is 13.6. The van der Waals surface area contributed by atoms with Crippen molar-refractivity contribution in [1.29, 1.82) is 0 Å². The number of fused-ring (bicyclic) bond motifs is 7. The second kappa shape index (κ2) is 12.3. The third-order valence-corrected chi connectivity index (χ3v) is 11.4. The molecule has 3 aromatic heterocycles. The zero-order valence-corrected chi connectivity index (χ0v) is 29.7. The summed E-state index contributed by atoms with van der Waals surface area (Å²) in [6.07, 6.45) is 0. The van der Waals surface area contributed by atoms with E-state index in [1.165, 1.54) is 42.1 Å². The molecule has 252 valence electrons. The van der Waals surface area contributed by atoms with Crippen molar-refractivity contribution in [2.75, 3.05) is 0 Å². The Hall–Kier alpha value is -6.95. The van der Waals surface area contributed by atoms with Crippen LogP contribution in [-0.2, 0) is 0 Å². The number of furan rings is 1. The molecule has 11 rings (SSSR count). The van der Waals surface area contributed by atoms with E-state index in [0.717, 1.165) is 49.8 Å². The second-order valence-electron chi connectivity index (χ2n) is 13.6. The van der Waals surface area contributed by atoms with E-state index >= 15 is 0 Å². The van der Waals surface area contributed by atoms with Crippen molar-refractivity contribution >= 4 is 64.2 Å². The molecule has 4 nitrogen and oxygen atoms in total. The molecule has 5 heteroatoms. The van der Waals surface area contributed by atoms with E-state index in [4.69, 9.17) is 19.4 Å². The lowest BCUT2D eigenvalue weighted by molar-refractivity contribution is 0.669. The van der Waals surface area contributed by atoms with Gasteiger partial charge in [0.25, 0.3) is 0 Å². The first-order valence-electron chi connectivity index (χ1n) is 18.0. The molecule has 0 saturated carbocycles. The molecule has 0 radical (unpaired) electrons. The van der Waals surface area contributed by atoms with Crippen molar-refractivity contribution in [3.63, 3.8) is 0 Å². The first-order valence-corrected chi connectivity index (χ1v) is 18.8. The summed E-state index contributed by atoms with van der Waals surface area (Å²) in [6.45, 7) is 0. The molecule has 0 fully saturated rings. The van der Waals surface area contributed by atoms with Gasteiger partial charge in [-0.05, 0) is 75.5 Å². The Morgan fingerprint density at radius 3 is 1.70 bits per heavy atom. The highest BCUT2D eigenvalue weighted by Crippen LogP contribution is 2.45. The van der Waals surface area contributed by atoms with Gasteiger partial charge in [0, 0.05) is 47.6 Å². The van der Waals surface area contributed by atoms with Gasteiger partial charge >= 0.3 is 0 Å². The van der Waals surface area contributed by atoms with E-state index in [9.17, 15) is 0 Å². The number of benzene rings is 8. The normalized spacial score (nSPS) is 11.7. The summed E-state index contributed by atoms with van der Waals surface area (Å²) in [4.78, 5) is 15.0. The highest BCUT2D eigenvalue weighted by molar-refractivity contribution is 7.26. The number of hydrogen-bond donors (Lipinski definition) is 0. The van der Waals surface area contributed by atoms with Crippen LogP contribution in [-0.4, -0.2) is 15.0 Å². The standard InChI is InChI=1S/C49H29N3OS/c1-3-11-30(12-4-1)31-19-21-33(22-20-31)48-50-47(32-13-5-2-6-14-32)51-49(52-48)36-24-26-41-40(27-36)38-25-23-35(28-42(38)53-41)45-37-16-8-7-15-34(37)29-44-46(45)39-17-9-10-18-43(39)54-44/h1-29H. The molecule has 54 heavy (non-hydrogen) atoms. The fraction of sp³-hybridized carbons (Fsp3) is 0. The minimum absolute atomic E-state index is 0.612. The van der Waals surface area contributed by atoms with Gasteiger partial charge in [0.05, 0.1) is 0 Å².